The fourth-order valence-corrected chi connectivity index (χ4v) is 3.36. The van der Waals surface area contributed by atoms with Crippen LogP contribution in [0.15, 0.2) is 23.0 Å². The predicted octanol–water partition coefficient (Wildman–Crippen LogP) is 3.28. The van der Waals surface area contributed by atoms with Crippen molar-refractivity contribution in [2.75, 3.05) is 4.90 Å². The lowest BCUT2D eigenvalue weighted by molar-refractivity contribution is 0.393. The van der Waals surface area contributed by atoms with Crippen LogP contribution in [0.4, 0.5) is 5.82 Å². The van der Waals surface area contributed by atoms with Crippen molar-refractivity contribution in [3.63, 3.8) is 0 Å². The lowest BCUT2D eigenvalue weighted by Crippen LogP contribution is -2.19. The van der Waals surface area contributed by atoms with E-state index in [2.05, 4.69) is 33.0 Å². The van der Waals surface area contributed by atoms with Crippen molar-refractivity contribution in [2.24, 2.45) is 0 Å². The van der Waals surface area contributed by atoms with Crippen LogP contribution < -0.4 is 4.90 Å². The van der Waals surface area contributed by atoms with Crippen molar-refractivity contribution >= 4 is 5.82 Å². The maximum Gasteiger partial charge on any atom is 0.143 e. The van der Waals surface area contributed by atoms with Gasteiger partial charge < -0.3 is 9.42 Å². The van der Waals surface area contributed by atoms with E-state index in [1.165, 1.54) is 11.1 Å². The Kier molecular flexibility index (Phi) is 3.33. The van der Waals surface area contributed by atoms with Gasteiger partial charge in [-0.25, -0.2) is 9.97 Å². The Morgan fingerprint density at radius 2 is 1.83 bits per heavy atom. The molecule has 0 bridgehead atoms. The maximum absolute atomic E-state index is 5.33. The molecule has 0 unspecified atom stereocenters. The quantitative estimate of drug-likeness (QED) is 0.721. The van der Waals surface area contributed by atoms with Crippen LogP contribution in [0.2, 0.25) is 0 Å². The van der Waals surface area contributed by atoms with Gasteiger partial charge in [0.05, 0.1) is 17.0 Å². The summed E-state index contributed by atoms with van der Waals surface area (Å²) in [6.45, 7) is 9.52. The Morgan fingerprint density at radius 3 is 2.54 bits per heavy atom. The summed E-state index contributed by atoms with van der Waals surface area (Å²) in [5.74, 6) is 2.50. The molecule has 3 aromatic rings. The van der Waals surface area contributed by atoms with E-state index in [0.29, 0.717) is 0 Å². The molecule has 0 aromatic carbocycles. The minimum atomic E-state index is 0.750. The molecule has 0 fully saturated rings. The lowest BCUT2D eigenvalue weighted by atomic mass is 10.1. The largest absolute Gasteiger partial charge is 0.361 e. The van der Waals surface area contributed by atoms with E-state index in [1.807, 2.05) is 33.2 Å². The van der Waals surface area contributed by atoms with Crippen LogP contribution in [0.3, 0.4) is 0 Å². The van der Waals surface area contributed by atoms with E-state index < -0.39 is 0 Å². The molecule has 0 amide bonds. The molecule has 1 aliphatic rings. The fraction of sp³-hybridized carbons (Fsp3) is 0.333. The molecule has 0 atom stereocenters. The van der Waals surface area contributed by atoms with Gasteiger partial charge in [-0.2, -0.15) is 0 Å². The van der Waals surface area contributed by atoms with E-state index in [4.69, 9.17) is 9.51 Å². The molecule has 0 radical (unpaired) electrons. The van der Waals surface area contributed by atoms with Gasteiger partial charge in [0.2, 0.25) is 0 Å². The third-order valence-electron chi connectivity index (χ3n) is 4.53. The Balaban J connectivity index is 1.81. The van der Waals surface area contributed by atoms with Gasteiger partial charge in [-0.15, -0.1) is 0 Å². The van der Waals surface area contributed by atoms with Crippen LogP contribution in [0.1, 0.15) is 34.0 Å². The molecular weight excluding hydrogens is 302 g/mol. The zero-order valence-electron chi connectivity index (χ0n) is 14.3. The predicted molar refractivity (Wildman–Crippen MR) is 90.6 cm³/mol. The average Bonchev–Trinajstić information content (AvgIpc) is 3.13. The molecule has 1 aliphatic heterocycles. The summed E-state index contributed by atoms with van der Waals surface area (Å²) < 4.78 is 5.33. The van der Waals surface area contributed by atoms with Crippen molar-refractivity contribution in [1.82, 2.24) is 20.1 Å². The molecular formula is C18H19N5O. The first-order chi connectivity index (χ1) is 11.5. The van der Waals surface area contributed by atoms with Gasteiger partial charge in [0.25, 0.3) is 0 Å². The number of aromatic nitrogens is 4. The minimum Gasteiger partial charge on any atom is -0.361 e. The second kappa shape index (κ2) is 5.40. The van der Waals surface area contributed by atoms with Crippen LogP contribution in [-0.2, 0) is 13.1 Å². The highest BCUT2D eigenvalue weighted by Gasteiger charge is 2.25. The number of nitrogens with zero attached hydrogens (tertiary/aromatic N) is 5. The van der Waals surface area contributed by atoms with Gasteiger partial charge in [0.1, 0.15) is 17.4 Å². The van der Waals surface area contributed by atoms with Crippen LogP contribution in [0, 0.1) is 27.7 Å². The third-order valence-corrected chi connectivity index (χ3v) is 4.53. The second-order valence-electron chi connectivity index (χ2n) is 6.27. The highest BCUT2D eigenvalue weighted by atomic mass is 16.5. The van der Waals surface area contributed by atoms with E-state index in [9.17, 15) is 0 Å². The van der Waals surface area contributed by atoms with Crippen LogP contribution in [0.25, 0.3) is 11.3 Å². The van der Waals surface area contributed by atoms with E-state index in [1.54, 1.807) is 0 Å². The summed E-state index contributed by atoms with van der Waals surface area (Å²) in [4.78, 5) is 15.9. The molecule has 6 heteroatoms. The number of rotatable bonds is 2. The number of hydrogen-bond acceptors (Lipinski definition) is 6. The minimum absolute atomic E-state index is 0.750. The Hall–Kier alpha value is -2.76. The zero-order chi connectivity index (χ0) is 16.8. The molecule has 122 valence electrons. The van der Waals surface area contributed by atoms with Gasteiger partial charge in [0.15, 0.2) is 0 Å². The molecule has 0 spiro atoms. The first kappa shape index (κ1) is 14.8. The Labute approximate surface area is 140 Å². The first-order valence-corrected chi connectivity index (χ1v) is 7.99. The molecule has 4 rings (SSSR count). The molecule has 6 nitrogen and oxygen atoms in total. The second-order valence-corrected chi connectivity index (χ2v) is 6.27. The monoisotopic (exact) mass is 321 g/mol. The van der Waals surface area contributed by atoms with Crippen molar-refractivity contribution in [2.45, 2.75) is 40.8 Å². The average molecular weight is 321 g/mol. The Morgan fingerprint density at radius 1 is 1.04 bits per heavy atom. The van der Waals surface area contributed by atoms with E-state index >= 15 is 0 Å². The third kappa shape index (κ3) is 2.26. The summed E-state index contributed by atoms with van der Waals surface area (Å²) >= 11 is 0. The summed E-state index contributed by atoms with van der Waals surface area (Å²) in [5.41, 5.74) is 6.34. The van der Waals surface area contributed by atoms with Crippen LogP contribution >= 0.6 is 0 Å². The van der Waals surface area contributed by atoms with Crippen LogP contribution in [-0.4, -0.2) is 20.1 Å². The van der Waals surface area contributed by atoms with Gasteiger partial charge in [-0.1, -0.05) is 5.16 Å². The van der Waals surface area contributed by atoms with Gasteiger partial charge in [0, 0.05) is 31.0 Å². The fourth-order valence-electron chi connectivity index (χ4n) is 3.36. The van der Waals surface area contributed by atoms with Crippen molar-refractivity contribution in [1.29, 1.82) is 0 Å². The topological polar surface area (TPSA) is 67.9 Å². The van der Waals surface area contributed by atoms with Crippen LogP contribution in [0.5, 0.6) is 0 Å². The molecule has 0 aliphatic carbocycles. The molecule has 4 heterocycles. The lowest BCUT2D eigenvalue weighted by Gasteiger charge is -2.21. The number of aryl methyl sites for hydroxylation is 3. The highest BCUT2D eigenvalue weighted by molar-refractivity contribution is 5.72. The normalized spacial score (nSPS) is 13.4. The SMILES string of the molecule is Cc1nc(-c2c(C)noc2C)c(C)c(N2Cc3ccncc3C2)n1. The smallest absolute Gasteiger partial charge is 0.143 e. The number of anilines is 1. The summed E-state index contributed by atoms with van der Waals surface area (Å²) in [7, 11) is 0. The molecule has 3 aromatic heterocycles. The summed E-state index contributed by atoms with van der Waals surface area (Å²) in [5, 5.41) is 4.07. The van der Waals surface area contributed by atoms with Crippen molar-refractivity contribution in [3.8, 4) is 11.3 Å². The molecule has 0 saturated heterocycles. The van der Waals surface area contributed by atoms with E-state index in [0.717, 1.165) is 53.0 Å². The standard InChI is InChI=1S/C18H19N5O/c1-10-17(16-11(2)22-24-12(16)3)20-13(4)21-18(10)23-8-14-5-6-19-7-15(14)9-23/h5-7H,8-9H2,1-4H3. The van der Waals surface area contributed by atoms with Gasteiger partial charge in [-0.3, -0.25) is 4.98 Å². The Bertz CT molecular complexity index is 887. The number of pyridine rings is 1. The maximum atomic E-state index is 5.33. The summed E-state index contributed by atoms with van der Waals surface area (Å²) in [6.07, 6.45) is 3.78. The number of hydrogen-bond donors (Lipinski definition) is 0. The molecule has 0 N–H and O–H groups in total. The molecule has 24 heavy (non-hydrogen) atoms. The van der Waals surface area contributed by atoms with Gasteiger partial charge in [-0.05, 0) is 44.9 Å². The van der Waals surface area contributed by atoms with E-state index in [-0.39, 0.29) is 0 Å². The number of fused-ring (bicyclic) bond motifs is 1. The van der Waals surface area contributed by atoms with Gasteiger partial charge >= 0.3 is 0 Å². The van der Waals surface area contributed by atoms with Crippen molar-refractivity contribution in [3.05, 3.63) is 52.4 Å². The zero-order valence-corrected chi connectivity index (χ0v) is 14.3. The molecule has 0 saturated carbocycles. The summed E-state index contributed by atoms with van der Waals surface area (Å²) in [6, 6.07) is 2.08. The highest BCUT2D eigenvalue weighted by Crippen LogP contribution is 2.35. The van der Waals surface area contributed by atoms with Crippen molar-refractivity contribution < 1.29 is 4.52 Å². The first-order valence-electron chi connectivity index (χ1n) is 7.99.